The van der Waals surface area contributed by atoms with E-state index in [0.717, 1.165) is 5.56 Å². The molecule has 0 aliphatic rings. The Morgan fingerprint density at radius 2 is 1.74 bits per heavy atom. The first-order chi connectivity index (χ1) is 9.24. The lowest BCUT2D eigenvalue weighted by atomic mass is 10.1. The molecule has 1 heterocycles. The highest BCUT2D eigenvalue weighted by atomic mass is 19.1. The smallest absolute Gasteiger partial charge is 0.229 e. The van der Waals surface area contributed by atoms with Crippen molar-refractivity contribution in [2.75, 3.05) is 5.73 Å². The van der Waals surface area contributed by atoms with E-state index in [2.05, 4.69) is 4.98 Å². The van der Waals surface area contributed by atoms with Crippen molar-refractivity contribution in [3.63, 3.8) is 0 Å². The molecule has 0 spiro atoms. The lowest BCUT2D eigenvalue weighted by molar-refractivity contribution is 0.562. The molecule has 0 saturated carbocycles. The molecular weight excluding hydrogens is 243 g/mol. The first-order valence-corrected chi connectivity index (χ1v) is 5.80. The molecule has 19 heavy (non-hydrogen) atoms. The highest BCUT2D eigenvalue weighted by Gasteiger charge is 2.11. The Bertz CT molecular complexity index is 704. The molecule has 0 unspecified atom stereocenters. The van der Waals surface area contributed by atoms with E-state index in [9.17, 15) is 4.39 Å². The Morgan fingerprint density at radius 3 is 2.47 bits per heavy atom. The van der Waals surface area contributed by atoms with Crippen LogP contribution in [-0.4, -0.2) is 4.98 Å². The minimum absolute atomic E-state index is 0.268. The lowest BCUT2D eigenvalue weighted by Gasteiger charge is -1.97. The summed E-state index contributed by atoms with van der Waals surface area (Å²) in [6, 6.07) is 13.6. The van der Waals surface area contributed by atoms with Crippen LogP contribution in [0.15, 0.2) is 59.2 Å². The normalized spacial score (nSPS) is 10.6. The molecule has 2 N–H and O–H groups in total. The van der Waals surface area contributed by atoms with E-state index in [1.54, 1.807) is 30.3 Å². The largest absolute Gasteiger partial charge is 0.444 e. The van der Waals surface area contributed by atoms with Crippen molar-refractivity contribution in [1.29, 1.82) is 0 Å². The number of hydrogen-bond donors (Lipinski definition) is 1. The van der Waals surface area contributed by atoms with Gasteiger partial charge in [-0.2, -0.15) is 0 Å². The van der Waals surface area contributed by atoms with E-state index in [4.69, 9.17) is 10.2 Å². The molecule has 3 nitrogen and oxygen atoms in total. The summed E-state index contributed by atoms with van der Waals surface area (Å²) < 4.78 is 19.0. The monoisotopic (exact) mass is 254 g/mol. The van der Waals surface area contributed by atoms with Crippen molar-refractivity contribution in [2.24, 2.45) is 0 Å². The van der Waals surface area contributed by atoms with E-state index in [-0.39, 0.29) is 11.7 Å². The SMILES string of the molecule is Nc1ccc(-c2coc(-c3ccccc3F)n2)cc1. The molecule has 0 atom stereocenters. The fourth-order valence-electron chi connectivity index (χ4n) is 1.82. The molecule has 0 bridgehead atoms. The summed E-state index contributed by atoms with van der Waals surface area (Å²) in [5, 5.41) is 0. The molecule has 3 aromatic rings. The van der Waals surface area contributed by atoms with Gasteiger partial charge in [-0.15, -0.1) is 0 Å². The Labute approximate surface area is 109 Å². The first kappa shape index (κ1) is 11.5. The van der Waals surface area contributed by atoms with Gasteiger partial charge in [0.2, 0.25) is 5.89 Å². The van der Waals surface area contributed by atoms with E-state index in [1.807, 2.05) is 12.1 Å². The Hall–Kier alpha value is -2.62. The van der Waals surface area contributed by atoms with E-state index < -0.39 is 0 Å². The van der Waals surface area contributed by atoms with Crippen LogP contribution in [-0.2, 0) is 0 Å². The van der Waals surface area contributed by atoms with Crippen LogP contribution in [0.3, 0.4) is 0 Å². The third-order valence-corrected chi connectivity index (χ3v) is 2.81. The summed E-state index contributed by atoms with van der Waals surface area (Å²) in [6.45, 7) is 0. The van der Waals surface area contributed by atoms with Crippen LogP contribution in [0.5, 0.6) is 0 Å². The molecule has 4 heteroatoms. The van der Waals surface area contributed by atoms with Crippen molar-refractivity contribution in [3.8, 4) is 22.7 Å². The predicted octanol–water partition coefficient (Wildman–Crippen LogP) is 3.73. The molecule has 1 aromatic heterocycles. The zero-order valence-corrected chi connectivity index (χ0v) is 10.0. The summed E-state index contributed by atoms with van der Waals surface area (Å²) in [7, 11) is 0. The maximum atomic E-state index is 13.6. The maximum Gasteiger partial charge on any atom is 0.229 e. The average Bonchev–Trinajstić information content (AvgIpc) is 2.89. The van der Waals surface area contributed by atoms with Gasteiger partial charge < -0.3 is 10.2 Å². The number of nitrogen functional groups attached to an aromatic ring is 1. The first-order valence-electron chi connectivity index (χ1n) is 5.80. The quantitative estimate of drug-likeness (QED) is 0.709. The lowest BCUT2D eigenvalue weighted by Crippen LogP contribution is -1.85. The second-order valence-electron chi connectivity index (χ2n) is 4.14. The molecule has 0 aliphatic heterocycles. The van der Waals surface area contributed by atoms with Crippen LogP contribution in [0, 0.1) is 5.82 Å². The van der Waals surface area contributed by atoms with Gasteiger partial charge in [0.05, 0.1) is 5.56 Å². The fraction of sp³-hybridized carbons (Fsp3) is 0. The Kier molecular flexibility index (Phi) is 2.76. The van der Waals surface area contributed by atoms with Gasteiger partial charge in [0, 0.05) is 11.3 Å². The molecule has 0 saturated heterocycles. The number of halogens is 1. The molecule has 2 aromatic carbocycles. The van der Waals surface area contributed by atoms with Gasteiger partial charge in [-0.1, -0.05) is 24.3 Å². The van der Waals surface area contributed by atoms with Gasteiger partial charge in [-0.25, -0.2) is 9.37 Å². The zero-order chi connectivity index (χ0) is 13.2. The molecule has 0 fully saturated rings. The Balaban J connectivity index is 2.00. The molecule has 3 rings (SSSR count). The third-order valence-electron chi connectivity index (χ3n) is 2.81. The van der Waals surface area contributed by atoms with Gasteiger partial charge in [0.15, 0.2) is 0 Å². The van der Waals surface area contributed by atoms with E-state index >= 15 is 0 Å². The van der Waals surface area contributed by atoms with Gasteiger partial charge in [0.25, 0.3) is 0 Å². The minimum Gasteiger partial charge on any atom is -0.444 e. The highest BCUT2D eigenvalue weighted by molar-refractivity contribution is 5.64. The van der Waals surface area contributed by atoms with Crippen molar-refractivity contribution in [1.82, 2.24) is 4.98 Å². The highest BCUT2D eigenvalue weighted by Crippen LogP contribution is 2.26. The third kappa shape index (κ3) is 2.20. The van der Waals surface area contributed by atoms with E-state index in [0.29, 0.717) is 16.9 Å². The van der Waals surface area contributed by atoms with Gasteiger partial charge in [-0.05, 0) is 24.3 Å². The van der Waals surface area contributed by atoms with Crippen LogP contribution in [0.25, 0.3) is 22.7 Å². The number of nitrogens with zero attached hydrogens (tertiary/aromatic N) is 1. The van der Waals surface area contributed by atoms with Gasteiger partial charge in [0.1, 0.15) is 17.8 Å². The number of rotatable bonds is 2. The molecular formula is C15H11FN2O. The molecule has 0 amide bonds. The number of aromatic nitrogens is 1. The number of nitrogens with two attached hydrogens (primary N) is 1. The molecule has 0 aliphatic carbocycles. The minimum atomic E-state index is -0.354. The molecule has 94 valence electrons. The van der Waals surface area contributed by atoms with Gasteiger partial charge >= 0.3 is 0 Å². The molecule has 0 radical (unpaired) electrons. The van der Waals surface area contributed by atoms with Crippen molar-refractivity contribution < 1.29 is 8.81 Å². The predicted molar refractivity (Wildman–Crippen MR) is 71.7 cm³/mol. The van der Waals surface area contributed by atoms with E-state index in [1.165, 1.54) is 12.3 Å². The van der Waals surface area contributed by atoms with Crippen LogP contribution in [0.1, 0.15) is 0 Å². The second-order valence-corrected chi connectivity index (χ2v) is 4.14. The van der Waals surface area contributed by atoms with Crippen LogP contribution in [0.4, 0.5) is 10.1 Å². The summed E-state index contributed by atoms with van der Waals surface area (Å²) in [5.41, 5.74) is 8.19. The average molecular weight is 254 g/mol. The summed E-state index contributed by atoms with van der Waals surface area (Å²) in [4.78, 5) is 4.29. The Morgan fingerprint density at radius 1 is 1.00 bits per heavy atom. The summed E-state index contributed by atoms with van der Waals surface area (Å²) >= 11 is 0. The zero-order valence-electron chi connectivity index (χ0n) is 10.0. The topological polar surface area (TPSA) is 52.0 Å². The van der Waals surface area contributed by atoms with Crippen LogP contribution < -0.4 is 5.73 Å². The summed E-state index contributed by atoms with van der Waals surface area (Å²) in [5.74, 6) is -0.0851. The fourth-order valence-corrected chi connectivity index (χ4v) is 1.82. The van der Waals surface area contributed by atoms with Crippen molar-refractivity contribution >= 4 is 5.69 Å². The van der Waals surface area contributed by atoms with Crippen LogP contribution in [0.2, 0.25) is 0 Å². The maximum absolute atomic E-state index is 13.6. The number of benzene rings is 2. The summed E-state index contributed by atoms with van der Waals surface area (Å²) in [6.07, 6.45) is 1.51. The second kappa shape index (κ2) is 4.57. The van der Waals surface area contributed by atoms with Crippen molar-refractivity contribution in [3.05, 3.63) is 60.6 Å². The van der Waals surface area contributed by atoms with Gasteiger partial charge in [-0.3, -0.25) is 0 Å². The number of oxazole rings is 1. The van der Waals surface area contributed by atoms with Crippen molar-refractivity contribution in [2.45, 2.75) is 0 Å². The standard InChI is InChI=1S/C15H11FN2O/c16-13-4-2-1-3-12(13)15-18-14(9-19-15)10-5-7-11(17)8-6-10/h1-9H,17H2. The van der Waals surface area contributed by atoms with Crippen LogP contribution >= 0.6 is 0 Å². The number of anilines is 1. The number of hydrogen-bond acceptors (Lipinski definition) is 3.